The molecule has 3 rings (SSSR count). The number of piperidine rings is 1. The SMILES string of the molecule is CC(=O)NNC(=O)N(Cc1ccsc1)C1CCN([C@H](C)CCNC(=O)C2=C(Cl)N(C)C(Cl)C=C2C)CC1. The summed E-state index contributed by atoms with van der Waals surface area (Å²) < 4.78 is 0. The number of likely N-dealkylation sites (N-methyl/N-ethyl adjacent to an activating group) is 1. The molecule has 9 nitrogen and oxygen atoms in total. The average molecular weight is 572 g/mol. The van der Waals surface area contributed by atoms with Crippen molar-refractivity contribution in [3.63, 3.8) is 0 Å². The summed E-state index contributed by atoms with van der Waals surface area (Å²) in [5.74, 6) is -0.516. The molecule has 37 heavy (non-hydrogen) atoms. The predicted octanol–water partition coefficient (Wildman–Crippen LogP) is 3.58. The third-order valence-corrected chi connectivity index (χ3v) is 8.45. The number of carbonyl (C=O) groups is 3. The summed E-state index contributed by atoms with van der Waals surface area (Å²) in [6.07, 6.45) is 4.26. The Bertz CT molecular complexity index is 1020. The number of halogens is 2. The van der Waals surface area contributed by atoms with E-state index in [9.17, 15) is 14.4 Å². The number of nitrogens with one attached hydrogen (secondary N) is 3. The van der Waals surface area contributed by atoms with E-state index in [1.807, 2.05) is 29.8 Å². The number of urea groups is 1. The molecule has 1 aromatic heterocycles. The van der Waals surface area contributed by atoms with E-state index >= 15 is 0 Å². The lowest BCUT2D eigenvalue weighted by Gasteiger charge is -2.40. The maximum Gasteiger partial charge on any atom is 0.336 e. The normalized spacial score (nSPS) is 19.8. The highest BCUT2D eigenvalue weighted by molar-refractivity contribution is 7.07. The van der Waals surface area contributed by atoms with Crippen LogP contribution in [0.4, 0.5) is 4.79 Å². The molecule has 1 unspecified atom stereocenters. The molecule has 0 saturated carbocycles. The van der Waals surface area contributed by atoms with Gasteiger partial charge in [0.15, 0.2) is 0 Å². The maximum absolute atomic E-state index is 12.8. The Kier molecular flexibility index (Phi) is 10.7. The van der Waals surface area contributed by atoms with Gasteiger partial charge in [-0.25, -0.2) is 10.2 Å². The molecule has 4 amide bonds. The lowest BCUT2D eigenvalue weighted by Crippen LogP contribution is -2.54. The first kappa shape index (κ1) is 29.3. The number of carbonyl (C=O) groups excluding carboxylic acids is 3. The monoisotopic (exact) mass is 570 g/mol. The van der Waals surface area contributed by atoms with Gasteiger partial charge in [0.2, 0.25) is 5.91 Å². The molecule has 0 aromatic carbocycles. The van der Waals surface area contributed by atoms with Crippen molar-refractivity contribution in [2.45, 2.75) is 64.2 Å². The molecule has 2 aliphatic heterocycles. The van der Waals surface area contributed by atoms with Crippen LogP contribution in [0, 0.1) is 0 Å². The molecule has 3 N–H and O–H groups in total. The summed E-state index contributed by atoms with van der Waals surface area (Å²) in [6, 6.07) is 2.04. The van der Waals surface area contributed by atoms with Crippen LogP contribution in [0.15, 0.2) is 39.2 Å². The molecule has 2 aliphatic rings. The molecule has 1 aromatic rings. The van der Waals surface area contributed by atoms with Crippen LogP contribution in [0.25, 0.3) is 0 Å². The highest BCUT2D eigenvalue weighted by atomic mass is 35.5. The molecule has 12 heteroatoms. The zero-order valence-corrected chi connectivity index (χ0v) is 24.1. The number of rotatable bonds is 8. The first-order chi connectivity index (χ1) is 17.6. The molecule has 3 heterocycles. The van der Waals surface area contributed by atoms with Crippen LogP contribution in [0.1, 0.15) is 45.6 Å². The Hall–Kier alpha value is -2.27. The van der Waals surface area contributed by atoms with E-state index in [-0.39, 0.29) is 35.4 Å². The van der Waals surface area contributed by atoms with Crippen LogP contribution in [-0.2, 0) is 16.1 Å². The number of amides is 4. The topological polar surface area (TPSA) is 97.0 Å². The quantitative estimate of drug-likeness (QED) is 0.252. The molecule has 1 saturated heterocycles. The Morgan fingerprint density at radius 1 is 1.24 bits per heavy atom. The third kappa shape index (κ3) is 7.86. The van der Waals surface area contributed by atoms with Crippen LogP contribution in [0.3, 0.4) is 0 Å². The zero-order valence-electron chi connectivity index (χ0n) is 21.7. The second-order valence-corrected chi connectivity index (χ2v) is 11.1. The molecule has 0 bridgehead atoms. The van der Waals surface area contributed by atoms with Crippen molar-refractivity contribution in [2.75, 3.05) is 26.7 Å². The van der Waals surface area contributed by atoms with E-state index in [1.54, 1.807) is 28.2 Å². The average Bonchev–Trinajstić information content (AvgIpc) is 3.38. The molecular formula is C25H36Cl2N6O3S. The second-order valence-electron chi connectivity index (χ2n) is 9.53. The van der Waals surface area contributed by atoms with Crippen LogP contribution >= 0.6 is 34.5 Å². The fourth-order valence-corrected chi connectivity index (χ4v) is 5.92. The van der Waals surface area contributed by atoms with Gasteiger partial charge in [-0.05, 0) is 67.1 Å². The zero-order chi connectivity index (χ0) is 27.1. The minimum absolute atomic E-state index is 0.0645. The van der Waals surface area contributed by atoms with Gasteiger partial charge in [0.1, 0.15) is 10.7 Å². The van der Waals surface area contributed by atoms with Gasteiger partial charge in [-0.2, -0.15) is 11.3 Å². The fraction of sp³-hybridized carbons (Fsp3) is 0.560. The van der Waals surface area contributed by atoms with Crippen LogP contribution in [0.5, 0.6) is 0 Å². The molecule has 2 atom stereocenters. The summed E-state index contributed by atoms with van der Waals surface area (Å²) >= 11 is 14.2. The summed E-state index contributed by atoms with van der Waals surface area (Å²) in [5.41, 5.74) is 6.83. The van der Waals surface area contributed by atoms with E-state index in [1.165, 1.54) is 6.92 Å². The standard InChI is InChI=1S/C25H36Cl2N6O3S/c1-16-13-21(26)31(4)23(27)22(16)24(35)28-9-5-17(2)32-10-6-20(7-11-32)33(14-19-8-12-37-15-19)25(36)30-29-18(3)34/h8,12-13,15,17,20-21H,5-7,9-11,14H2,1-4H3,(H,28,35)(H,29,34)(H,30,36)/t17-,21?/m1/s1. The number of hydrazine groups is 1. The molecule has 0 radical (unpaired) electrons. The van der Waals surface area contributed by atoms with E-state index < -0.39 is 0 Å². The third-order valence-electron chi connectivity index (χ3n) is 6.85. The van der Waals surface area contributed by atoms with Gasteiger partial charge in [0, 0.05) is 52.2 Å². The number of thiophene rings is 1. The molecule has 1 fully saturated rings. The second kappa shape index (κ2) is 13.5. The predicted molar refractivity (Wildman–Crippen MR) is 148 cm³/mol. The summed E-state index contributed by atoms with van der Waals surface area (Å²) in [4.78, 5) is 42.7. The minimum atomic E-state index is -0.371. The summed E-state index contributed by atoms with van der Waals surface area (Å²) in [7, 11) is 1.76. The Labute approximate surface area is 232 Å². The molecular weight excluding hydrogens is 535 g/mol. The van der Waals surface area contributed by atoms with Crippen molar-refractivity contribution in [3.05, 3.63) is 44.8 Å². The first-order valence-corrected chi connectivity index (χ1v) is 14.2. The Morgan fingerprint density at radius 2 is 1.95 bits per heavy atom. The largest absolute Gasteiger partial charge is 0.352 e. The van der Waals surface area contributed by atoms with Crippen molar-refractivity contribution in [2.24, 2.45) is 0 Å². The summed E-state index contributed by atoms with van der Waals surface area (Å²) in [6.45, 7) is 8.05. The van der Waals surface area contributed by atoms with E-state index in [2.05, 4.69) is 28.0 Å². The number of nitrogens with zero attached hydrogens (tertiary/aromatic N) is 3. The van der Waals surface area contributed by atoms with Crippen molar-refractivity contribution in [1.29, 1.82) is 0 Å². The molecule has 0 spiro atoms. The van der Waals surface area contributed by atoms with Gasteiger partial charge in [0.25, 0.3) is 5.91 Å². The number of alkyl halides is 1. The van der Waals surface area contributed by atoms with Gasteiger partial charge >= 0.3 is 6.03 Å². The lowest BCUT2D eigenvalue weighted by atomic mass is 10.0. The minimum Gasteiger partial charge on any atom is -0.352 e. The van der Waals surface area contributed by atoms with Crippen molar-refractivity contribution in [3.8, 4) is 0 Å². The maximum atomic E-state index is 12.8. The number of hydrogen-bond acceptors (Lipinski definition) is 6. The summed E-state index contributed by atoms with van der Waals surface area (Å²) in [5, 5.41) is 7.37. The van der Waals surface area contributed by atoms with Crippen LogP contribution in [-0.4, -0.2) is 76.8 Å². The molecule has 204 valence electrons. The van der Waals surface area contributed by atoms with Crippen LogP contribution < -0.4 is 16.2 Å². The Morgan fingerprint density at radius 3 is 2.57 bits per heavy atom. The fourth-order valence-electron chi connectivity index (χ4n) is 4.58. The van der Waals surface area contributed by atoms with Gasteiger partial charge in [0.05, 0.1) is 5.57 Å². The van der Waals surface area contributed by atoms with Crippen LogP contribution in [0.2, 0.25) is 0 Å². The number of likely N-dealkylation sites (tertiary alicyclic amines) is 1. The van der Waals surface area contributed by atoms with Gasteiger partial charge in [-0.15, -0.1) is 0 Å². The van der Waals surface area contributed by atoms with Crippen molar-refractivity contribution < 1.29 is 14.4 Å². The smallest absolute Gasteiger partial charge is 0.336 e. The lowest BCUT2D eigenvalue weighted by molar-refractivity contribution is -0.120. The van der Waals surface area contributed by atoms with E-state index in [0.717, 1.165) is 43.5 Å². The van der Waals surface area contributed by atoms with Gasteiger partial charge in [-0.1, -0.05) is 23.2 Å². The molecule has 0 aliphatic carbocycles. The van der Waals surface area contributed by atoms with E-state index in [4.69, 9.17) is 23.2 Å². The highest BCUT2D eigenvalue weighted by Crippen LogP contribution is 2.30. The highest BCUT2D eigenvalue weighted by Gasteiger charge is 2.30. The Balaban J connectivity index is 1.49. The van der Waals surface area contributed by atoms with Gasteiger partial charge in [-0.3, -0.25) is 15.0 Å². The van der Waals surface area contributed by atoms with E-state index in [0.29, 0.717) is 23.8 Å². The van der Waals surface area contributed by atoms with Crippen molar-refractivity contribution in [1.82, 2.24) is 30.9 Å². The first-order valence-electron chi connectivity index (χ1n) is 12.4. The van der Waals surface area contributed by atoms with Crippen molar-refractivity contribution >= 4 is 52.4 Å². The van der Waals surface area contributed by atoms with Gasteiger partial charge < -0.3 is 20.0 Å². The number of hydrogen-bond donors (Lipinski definition) is 3.